The van der Waals surface area contributed by atoms with Crippen LogP contribution in [0.15, 0.2) is 107 Å². The molecule has 5 aromatic rings. The third-order valence-corrected chi connectivity index (χ3v) is 9.13. The number of halogens is 4. The lowest BCUT2D eigenvalue weighted by Gasteiger charge is -2.21. The maximum Gasteiger partial charge on any atom is 0.241 e. The van der Waals surface area contributed by atoms with E-state index < -0.39 is 21.9 Å². The molecule has 1 aromatic heterocycles. The minimum atomic E-state index is -4.10. The Morgan fingerprint density at radius 1 is 0.829 bits per heavy atom. The number of nitrogens with zero attached hydrogens (tertiary/aromatic N) is 3. The number of nitrogens with one attached hydrogen (secondary N) is 1. The van der Waals surface area contributed by atoms with Crippen LogP contribution < -0.4 is 4.72 Å². The van der Waals surface area contributed by atoms with Crippen LogP contribution in [0.5, 0.6) is 0 Å². The molecular weight excluding hydrogens is 609 g/mol. The molecule has 0 saturated heterocycles. The molecule has 0 aliphatic heterocycles. The molecule has 4 aromatic carbocycles. The minimum Gasteiger partial charge on any atom is -0.271 e. The summed E-state index contributed by atoms with van der Waals surface area (Å²) in [4.78, 5) is -0.0986. The maximum absolute atomic E-state index is 13.5. The predicted octanol–water partition coefficient (Wildman–Crippen LogP) is 7.41. The average Bonchev–Trinajstić information content (AvgIpc) is 3.37. The summed E-state index contributed by atoms with van der Waals surface area (Å²) in [5.41, 5.74) is 2.20. The summed E-state index contributed by atoms with van der Waals surface area (Å²) in [6.45, 7) is 0. The van der Waals surface area contributed by atoms with Crippen LogP contribution in [0.25, 0.3) is 5.69 Å². The molecule has 0 saturated carbocycles. The van der Waals surface area contributed by atoms with Gasteiger partial charge >= 0.3 is 0 Å². The predicted molar refractivity (Wildman–Crippen MR) is 157 cm³/mol. The molecule has 12 heteroatoms. The third kappa shape index (κ3) is 7.14. The highest BCUT2D eigenvalue weighted by Gasteiger charge is 2.29. The summed E-state index contributed by atoms with van der Waals surface area (Å²) in [7, 11) is -4.10. The van der Waals surface area contributed by atoms with Crippen LogP contribution in [0.1, 0.15) is 23.0 Å². The van der Waals surface area contributed by atoms with Gasteiger partial charge in [-0.1, -0.05) is 77.4 Å². The van der Waals surface area contributed by atoms with Crippen LogP contribution in [-0.2, 0) is 22.2 Å². The zero-order chi connectivity index (χ0) is 29.0. The van der Waals surface area contributed by atoms with E-state index in [1.54, 1.807) is 34.9 Å². The van der Waals surface area contributed by atoms with Gasteiger partial charge in [0.1, 0.15) is 11.6 Å². The Morgan fingerprint density at radius 2 is 1.49 bits per heavy atom. The van der Waals surface area contributed by atoms with Gasteiger partial charge in [-0.3, -0.25) is 4.57 Å². The molecule has 0 amide bonds. The van der Waals surface area contributed by atoms with Gasteiger partial charge < -0.3 is 0 Å². The zero-order valence-corrected chi connectivity index (χ0v) is 24.4. The molecule has 0 bridgehead atoms. The van der Waals surface area contributed by atoms with E-state index in [4.69, 9.17) is 23.2 Å². The summed E-state index contributed by atoms with van der Waals surface area (Å²) < 4.78 is 58.3. The molecule has 1 unspecified atom stereocenters. The molecule has 0 fully saturated rings. The summed E-state index contributed by atoms with van der Waals surface area (Å²) >= 11 is 14.1. The largest absolute Gasteiger partial charge is 0.271 e. The first kappa shape index (κ1) is 29.2. The molecule has 0 aliphatic rings. The average molecular weight is 632 g/mol. The maximum atomic E-state index is 13.5. The van der Waals surface area contributed by atoms with Crippen molar-refractivity contribution >= 4 is 45.0 Å². The molecule has 0 aliphatic carbocycles. The first-order valence-corrected chi connectivity index (χ1v) is 15.5. The first-order valence-electron chi connectivity index (χ1n) is 12.3. The van der Waals surface area contributed by atoms with Crippen molar-refractivity contribution in [3.63, 3.8) is 0 Å². The fraction of sp³-hybridized carbons (Fsp3) is 0.103. The Balaban J connectivity index is 1.59. The molecule has 1 heterocycles. The summed E-state index contributed by atoms with van der Waals surface area (Å²) in [6, 6.07) is 24.0. The molecule has 6 nitrogen and oxygen atoms in total. The van der Waals surface area contributed by atoms with Gasteiger partial charge in [0.25, 0.3) is 0 Å². The third-order valence-electron chi connectivity index (χ3n) is 6.11. The number of rotatable bonds is 10. The fourth-order valence-electron chi connectivity index (χ4n) is 4.12. The first-order chi connectivity index (χ1) is 19.7. The fourth-order valence-corrected chi connectivity index (χ4v) is 6.72. The Bertz CT molecular complexity index is 1750. The number of aromatic nitrogens is 3. The van der Waals surface area contributed by atoms with Crippen LogP contribution in [-0.4, -0.2) is 23.2 Å². The Morgan fingerprint density at radius 3 is 2.15 bits per heavy atom. The lowest BCUT2D eigenvalue weighted by molar-refractivity contribution is 0.537. The number of sulfonamides is 1. The monoisotopic (exact) mass is 630 g/mol. The minimum absolute atomic E-state index is 0.0986. The van der Waals surface area contributed by atoms with E-state index >= 15 is 0 Å². The second-order valence-electron chi connectivity index (χ2n) is 9.00. The standard InChI is InChI=1S/C29H22Cl2F2N4O2S2/c30-21-8-15-27(25(31)17-21)37-28(34-35-29(37)40-18-20-6-9-22(32)10-7-20)26(16-19-4-2-1-3-5-19)36-41(38,39)24-13-11-23(33)12-14-24/h1-15,17,26,36H,16,18H2. The van der Waals surface area contributed by atoms with Crippen molar-refractivity contribution in [3.8, 4) is 5.69 Å². The van der Waals surface area contributed by atoms with Crippen LogP contribution in [0.2, 0.25) is 10.0 Å². The van der Waals surface area contributed by atoms with E-state index in [0.717, 1.165) is 23.3 Å². The van der Waals surface area contributed by atoms with Gasteiger partial charge in [-0.2, -0.15) is 0 Å². The van der Waals surface area contributed by atoms with Crippen molar-refractivity contribution in [1.82, 2.24) is 19.5 Å². The van der Waals surface area contributed by atoms with E-state index in [2.05, 4.69) is 14.9 Å². The van der Waals surface area contributed by atoms with Gasteiger partial charge in [0.2, 0.25) is 10.0 Å². The van der Waals surface area contributed by atoms with Crippen molar-refractivity contribution in [3.05, 3.63) is 136 Å². The van der Waals surface area contributed by atoms with Gasteiger partial charge in [-0.25, -0.2) is 21.9 Å². The van der Waals surface area contributed by atoms with Gasteiger partial charge in [0.15, 0.2) is 11.0 Å². The lowest BCUT2D eigenvalue weighted by Crippen LogP contribution is -2.32. The summed E-state index contributed by atoms with van der Waals surface area (Å²) in [5, 5.41) is 9.98. The van der Waals surface area contributed by atoms with E-state index in [-0.39, 0.29) is 23.0 Å². The van der Waals surface area contributed by atoms with Crippen LogP contribution in [0.3, 0.4) is 0 Å². The highest BCUT2D eigenvalue weighted by molar-refractivity contribution is 7.98. The molecule has 1 N–H and O–H groups in total. The van der Waals surface area contributed by atoms with Crippen molar-refractivity contribution in [1.29, 1.82) is 0 Å². The highest BCUT2D eigenvalue weighted by Crippen LogP contribution is 2.33. The van der Waals surface area contributed by atoms with E-state index in [0.29, 0.717) is 26.6 Å². The molecule has 0 radical (unpaired) electrons. The lowest BCUT2D eigenvalue weighted by atomic mass is 10.1. The SMILES string of the molecule is O=S(=O)(NC(Cc1ccccc1)c1nnc(SCc2ccc(F)cc2)n1-c1ccc(Cl)cc1Cl)c1ccc(F)cc1. The molecular formula is C29H22Cl2F2N4O2S2. The smallest absolute Gasteiger partial charge is 0.241 e. The molecule has 1 atom stereocenters. The van der Waals surface area contributed by atoms with Crippen molar-refractivity contribution in [2.45, 2.75) is 28.3 Å². The van der Waals surface area contributed by atoms with Crippen molar-refractivity contribution in [2.24, 2.45) is 0 Å². The molecule has 0 spiro atoms. The highest BCUT2D eigenvalue weighted by atomic mass is 35.5. The van der Waals surface area contributed by atoms with Crippen molar-refractivity contribution in [2.75, 3.05) is 0 Å². The second kappa shape index (κ2) is 12.7. The van der Waals surface area contributed by atoms with Gasteiger partial charge in [-0.15, -0.1) is 10.2 Å². The molecule has 5 rings (SSSR count). The van der Waals surface area contributed by atoms with Gasteiger partial charge in [0, 0.05) is 10.8 Å². The zero-order valence-electron chi connectivity index (χ0n) is 21.2. The van der Waals surface area contributed by atoms with Gasteiger partial charge in [-0.05, 0) is 72.1 Å². The van der Waals surface area contributed by atoms with Crippen LogP contribution in [0, 0.1) is 11.6 Å². The Hall–Kier alpha value is -3.28. The van der Waals surface area contributed by atoms with Crippen LogP contribution in [0.4, 0.5) is 8.78 Å². The van der Waals surface area contributed by atoms with E-state index in [1.165, 1.54) is 36.0 Å². The normalized spacial score (nSPS) is 12.4. The topological polar surface area (TPSA) is 76.9 Å². The van der Waals surface area contributed by atoms with Gasteiger partial charge in [0.05, 0.1) is 21.6 Å². The number of thioether (sulfide) groups is 1. The van der Waals surface area contributed by atoms with E-state index in [1.807, 2.05) is 30.3 Å². The molecule has 210 valence electrons. The Labute approximate surface area is 250 Å². The number of benzene rings is 4. The van der Waals surface area contributed by atoms with Crippen molar-refractivity contribution < 1.29 is 17.2 Å². The van der Waals surface area contributed by atoms with E-state index in [9.17, 15) is 17.2 Å². The quantitative estimate of drug-likeness (QED) is 0.163. The summed E-state index contributed by atoms with van der Waals surface area (Å²) in [5.74, 6) is -0.168. The summed E-state index contributed by atoms with van der Waals surface area (Å²) in [6.07, 6.45) is 0.229. The second-order valence-corrected chi connectivity index (χ2v) is 12.5. The number of hydrogen-bond acceptors (Lipinski definition) is 5. The molecule has 41 heavy (non-hydrogen) atoms. The number of hydrogen-bond donors (Lipinski definition) is 1. The van der Waals surface area contributed by atoms with Crippen LogP contribution >= 0.6 is 35.0 Å². The Kier molecular flexibility index (Phi) is 9.06.